The van der Waals surface area contributed by atoms with Crippen LogP contribution in [0.4, 0.5) is 5.69 Å². The molecular formula is C17H20BrNO. The molecule has 2 aromatic carbocycles. The van der Waals surface area contributed by atoms with Crippen molar-refractivity contribution in [1.29, 1.82) is 0 Å². The highest BCUT2D eigenvalue weighted by Crippen LogP contribution is 2.30. The molecule has 1 unspecified atom stereocenters. The number of aryl methyl sites for hydroxylation is 2. The fraction of sp³-hybridized carbons (Fsp3) is 0.294. The van der Waals surface area contributed by atoms with E-state index in [1.807, 2.05) is 0 Å². The van der Waals surface area contributed by atoms with E-state index in [2.05, 4.69) is 78.4 Å². The Morgan fingerprint density at radius 1 is 1.10 bits per heavy atom. The van der Waals surface area contributed by atoms with E-state index in [9.17, 15) is 0 Å². The monoisotopic (exact) mass is 333 g/mol. The summed E-state index contributed by atoms with van der Waals surface area (Å²) in [4.78, 5) is 0. The van der Waals surface area contributed by atoms with Crippen molar-refractivity contribution in [2.24, 2.45) is 0 Å². The number of halogens is 1. The Balaban J connectivity index is 2.28. The Hall–Kier alpha value is -1.48. The van der Waals surface area contributed by atoms with Gasteiger partial charge in [-0.05, 0) is 50.1 Å². The van der Waals surface area contributed by atoms with E-state index in [-0.39, 0.29) is 6.04 Å². The number of methoxy groups -OCH3 is 1. The number of nitrogens with one attached hydrogen (secondary N) is 1. The largest absolute Gasteiger partial charge is 0.496 e. The first kappa shape index (κ1) is 14.9. The van der Waals surface area contributed by atoms with Crippen LogP contribution in [0.1, 0.15) is 29.7 Å². The topological polar surface area (TPSA) is 21.3 Å². The predicted molar refractivity (Wildman–Crippen MR) is 88.6 cm³/mol. The molecule has 0 aliphatic carbocycles. The first-order valence-electron chi connectivity index (χ1n) is 6.68. The number of hydrogen-bond donors (Lipinski definition) is 1. The van der Waals surface area contributed by atoms with Crippen LogP contribution in [-0.4, -0.2) is 7.11 Å². The maximum absolute atomic E-state index is 5.49. The second-order valence-electron chi connectivity index (χ2n) is 5.07. The van der Waals surface area contributed by atoms with Gasteiger partial charge in [0.15, 0.2) is 0 Å². The van der Waals surface area contributed by atoms with Gasteiger partial charge in [-0.2, -0.15) is 0 Å². The van der Waals surface area contributed by atoms with Crippen molar-refractivity contribution >= 4 is 21.6 Å². The van der Waals surface area contributed by atoms with E-state index >= 15 is 0 Å². The Morgan fingerprint density at radius 2 is 1.85 bits per heavy atom. The molecule has 2 rings (SSSR count). The Labute approximate surface area is 129 Å². The summed E-state index contributed by atoms with van der Waals surface area (Å²) in [5, 5.41) is 3.55. The van der Waals surface area contributed by atoms with Gasteiger partial charge in [-0.25, -0.2) is 0 Å². The Bertz CT molecular complexity index is 610. The second-order valence-corrected chi connectivity index (χ2v) is 5.99. The lowest BCUT2D eigenvalue weighted by atomic mass is 10.0. The molecule has 0 aromatic heterocycles. The molecule has 0 aliphatic heterocycles. The Morgan fingerprint density at radius 3 is 2.55 bits per heavy atom. The number of anilines is 1. The van der Waals surface area contributed by atoms with Crippen LogP contribution in [-0.2, 0) is 0 Å². The predicted octanol–water partition coefficient (Wildman–Crippen LogP) is 5.25. The van der Waals surface area contributed by atoms with Gasteiger partial charge in [0.1, 0.15) is 5.75 Å². The van der Waals surface area contributed by atoms with Gasteiger partial charge in [0.2, 0.25) is 0 Å². The molecule has 0 saturated heterocycles. The summed E-state index contributed by atoms with van der Waals surface area (Å²) in [6, 6.07) is 12.7. The van der Waals surface area contributed by atoms with E-state index in [0.29, 0.717) is 0 Å². The third kappa shape index (κ3) is 3.34. The van der Waals surface area contributed by atoms with Gasteiger partial charge in [0, 0.05) is 15.7 Å². The third-order valence-corrected chi connectivity index (χ3v) is 3.92. The van der Waals surface area contributed by atoms with Crippen LogP contribution in [0.15, 0.2) is 40.9 Å². The molecule has 0 amide bonds. The zero-order valence-corrected chi connectivity index (χ0v) is 13.9. The molecule has 3 heteroatoms. The lowest BCUT2D eigenvalue weighted by Crippen LogP contribution is -2.09. The first-order valence-corrected chi connectivity index (χ1v) is 7.48. The average Bonchev–Trinajstić information content (AvgIpc) is 2.42. The van der Waals surface area contributed by atoms with Crippen molar-refractivity contribution in [1.82, 2.24) is 0 Å². The highest BCUT2D eigenvalue weighted by Gasteiger charge is 2.12. The van der Waals surface area contributed by atoms with Crippen LogP contribution in [0.3, 0.4) is 0 Å². The molecular weight excluding hydrogens is 314 g/mol. The highest BCUT2D eigenvalue weighted by atomic mass is 79.9. The van der Waals surface area contributed by atoms with E-state index in [0.717, 1.165) is 21.5 Å². The van der Waals surface area contributed by atoms with Crippen LogP contribution in [0.25, 0.3) is 0 Å². The first-order chi connectivity index (χ1) is 9.51. The second kappa shape index (κ2) is 6.31. The van der Waals surface area contributed by atoms with Crippen molar-refractivity contribution in [3.05, 3.63) is 57.6 Å². The molecule has 106 valence electrons. The van der Waals surface area contributed by atoms with Gasteiger partial charge in [0.05, 0.1) is 13.2 Å². The van der Waals surface area contributed by atoms with E-state index in [1.165, 1.54) is 11.1 Å². The molecule has 0 fully saturated rings. The van der Waals surface area contributed by atoms with Gasteiger partial charge in [-0.3, -0.25) is 0 Å². The van der Waals surface area contributed by atoms with E-state index in [4.69, 9.17) is 4.74 Å². The minimum absolute atomic E-state index is 0.179. The minimum Gasteiger partial charge on any atom is -0.496 e. The third-order valence-electron chi connectivity index (χ3n) is 3.43. The molecule has 0 radical (unpaired) electrons. The molecule has 1 N–H and O–H groups in total. The summed E-state index contributed by atoms with van der Waals surface area (Å²) in [5.74, 6) is 0.928. The number of ether oxygens (including phenoxy) is 1. The molecule has 0 saturated carbocycles. The maximum Gasteiger partial charge on any atom is 0.124 e. The van der Waals surface area contributed by atoms with Gasteiger partial charge in [-0.1, -0.05) is 34.1 Å². The van der Waals surface area contributed by atoms with Crippen molar-refractivity contribution in [2.75, 3.05) is 12.4 Å². The van der Waals surface area contributed by atoms with Crippen molar-refractivity contribution in [3.8, 4) is 5.75 Å². The van der Waals surface area contributed by atoms with Crippen LogP contribution < -0.4 is 10.1 Å². The summed E-state index contributed by atoms with van der Waals surface area (Å²) in [5.41, 5.74) is 4.73. The summed E-state index contributed by atoms with van der Waals surface area (Å²) in [6.45, 7) is 6.32. The molecule has 0 heterocycles. The molecule has 1 atom stereocenters. The quantitative estimate of drug-likeness (QED) is 0.825. The molecule has 0 bridgehead atoms. The lowest BCUT2D eigenvalue weighted by Gasteiger charge is -2.20. The van der Waals surface area contributed by atoms with Gasteiger partial charge >= 0.3 is 0 Å². The van der Waals surface area contributed by atoms with E-state index in [1.54, 1.807) is 7.11 Å². The average molecular weight is 334 g/mol. The standard InChI is InChI=1S/C17H20BrNO/c1-11-5-8-15(17(9-11)20-4)13(3)19-16-10-14(18)7-6-12(16)2/h5-10,13,19H,1-4H3. The zero-order valence-electron chi connectivity index (χ0n) is 12.3. The zero-order chi connectivity index (χ0) is 14.7. The summed E-state index contributed by atoms with van der Waals surface area (Å²) in [7, 11) is 1.72. The van der Waals surface area contributed by atoms with Crippen LogP contribution in [0.2, 0.25) is 0 Å². The normalized spacial score (nSPS) is 12.1. The van der Waals surface area contributed by atoms with Gasteiger partial charge < -0.3 is 10.1 Å². The van der Waals surface area contributed by atoms with Crippen molar-refractivity contribution < 1.29 is 4.74 Å². The molecule has 20 heavy (non-hydrogen) atoms. The fourth-order valence-corrected chi connectivity index (χ4v) is 2.60. The summed E-state index contributed by atoms with van der Waals surface area (Å²) < 4.78 is 6.57. The number of hydrogen-bond acceptors (Lipinski definition) is 2. The molecule has 2 nitrogen and oxygen atoms in total. The SMILES string of the molecule is COc1cc(C)ccc1C(C)Nc1cc(Br)ccc1C. The molecule has 2 aromatic rings. The smallest absolute Gasteiger partial charge is 0.124 e. The lowest BCUT2D eigenvalue weighted by molar-refractivity contribution is 0.407. The van der Waals surface area contributed by atoms with Crippen LogP contribution in [0, 0.1) is 13.8 Å². The van der Waals surface area contributed by atoms with E-state index < -0.39 is 0 Å². The molecule has 0 spiro atoms. The highest BCUT2D eigenvalue weighted by molar-refractivity contribution is 9.10. The van der Waals surface area contributed by atoms with Crippen molar-refractivity contribution in [2.45, 2.75) is 26.8 Å². The number of benzene rings is 2. The van der Waals surface area contributed by atoms with Crippen LogP contribution in [0.5, 0.6) is 5.75 Å². The maximum atomic E-state index is 5.49. The van der Waals surface area contributed by atoms with Crippen molar-refractivity contribution in [3.63, 3.8) is 0 Å². The summed E-state index contributed by atoms with van der Waals surface area (Å²) in [6.07, 6.45) is 0. The van der Waals surface area contributed by atoms with Crippen LogP contribution >= 0.6 is 15.9 Å². The minimum atomic E-state index is 0.179. The summed E-state index contributed by atoms with van der Waals surface area (Å²) >= 11 is 3.52. The molecule has 0 aliphatic rings. The van der Waals surface area contributed by atoms with Gasteiger partial charge in [-0.15, -0.1) is 0 Å². The number of rotatable bonds is 4. The van der Waals surface area contributed by atoms with Gasteiger partial charge in [0.25, 0.3) is 0 Å². The fourth-order valence-electron chi connectivity index (χ4n) is 2.24. The Kier molecular flexibility index (Phi) is 4.71.